The van der Waals surface area contributed by atoms with Crippen LogP contribution in [0.15, 0.2) is 17.3 Å². The monoisotopic (exact) mass is 277 g/mol. The molecule has 2 N–H and O–H groups in total. The van der Waals surface area contributed by atoms with E-state index in [-0.39, 0.29) is 5.75 Å². The molecular formula is C17H27NO2. The van der Waals surface area contributed by atoms with E-state index in [9.17, 15) is 5.11 Å². The van der Waals surface area contributed by atoms with Crippen molar-refractivity contribution in [2.24, 2.45) is 5.16 Å². The molecule has 0 unspecified atom stereocenters. The summed E-state index contributed by atoms with van der Waals surface area (Å²) in [5, 5.41) is 22.1. The molecule has 0 aliphatic carbocycles. The standard InChI is InChI=1S/C17H27NO2/c1-4-5-6-7-8-9-10-15-11-12-16(19)13(2)17(15)14(3)18-20/h11-12,19-20H,4-10H2,1-3H3. The first-order valence-electron chi connectivity index (χ1n) is 7.62. The molecule has 1 aromatic carbocycles. The predicted octanol–water partition coefficient (Wildman–Crippen LogP) is 4.80. The van der Waals surface area contributed by atoms with E-state index in [1.54, 1.807) is 13.0 Å². The maximum Gasteiger partial charge on any atom is 0.119 e. The summed E-state index contributed by atoms with van der Waals surface area (Å²) in [6.07, 6.45) is 8.53. The van der Waals surface area contributed by atoms with Crippen molar-refractivity contribution in [2.45, 2.75) is 65.7 Å². The Balaban J connectivity index is 2.68. The first-order valence-corrected chi connectivity index (χ1v) is 7.62. The molecule has 0 saturated carbocycles. The lowest BCUT2D eigenvalue weighted by Gasteiger charge is -2.13. The van der Waals surface area contributed by atoms with Gasteiger partial charge in [0, 0.05) is 11.1 Å². The topological polar surface area (TPSA) is 52.8 Å². The van der Waals surface area contributed by atoms with E-state index in [0.717, 1.165) is 29.5 Å². The Morgan fingerprint density at radius 2 is 1.75 bits per heavy atom. The lowest BCUT2D eigenvalue weighted by Crippen LogP contribution is -2.04. The number of nitrogens with zero attached hydrogens (tertiary/aromatic N) is 1. The Bertz CT molecular complexity index is 453. The number of oxime groups is 1. The molecule has 3 heteroatoms. The summed E-state index contributed by atoms with van der Waals surface area (Å²) in [6, 6.07) is 3.67. The van der Waals surface area contributed by atoms with E-state index in [0.29, 0.717) is 5.71 Å². The van der Waals surface area contributed by atoms with Crippen LogP contribution in [0.3, 0.4) is 0 Å². The van der Waals surface area contributed by atoms with Crippen molar-refractivity contribution in [3.8, 4) is 5.75 Å². The predicted molar refractivity (Wildman–Crippen MR) is 83.9 cm³/mol. The van der Waals surface area contributed by atoms with Gasteiger partial charge in [-0.2, -0.15) is 0 Å². The van der Waals surface area contributed by atoms with E-state index in [2.05, 4.69) is 12.1 Å². The molecule has 0 spiro atoms. The first kappa shape index (κ1) is 16.5. The number of benzene rings is 1. The Hall–Kier alpha value is -1.51. The number of phenols is 1. The van der Waals surface area contributed by atoms with Crippen LogP contribution in [0.5, 0.6) is 5.75 Å². The molecular weight excluding hydrogens is 250 g/mol. The molecule has 0 aliphatic heterocycles. The number of phenolic OH excluding ortho intramolecular Hbond substituents is 1. The van der Waals surface area contributed by atoms with Crippen LogP contribution in [0.4, 0.5) is 0 Å². The lowest BCUT2D eigenvalue weighted by molar-refractivity contribution is 0.319. The van der Waals surface area contributed by atoms with Gasteiger partial charge in [0.2, 0.25) is 0 Å². The highest BCUT2D eigenvalue weighted by Gasteiger charge is 2.12. The summed E-state index contributed by atoms with van der Waals surface area (Å²) in [5.41, 5.74) is 3.41. The number of hydrogen-bond acceptors (Lipinski definition) is 3. The van der Waals surface area contributed by atoms with Crippen LogP contribution in [0.1, 0.15) is 69.1 Å². The molecule has 1 rings (SSSR count). The summed E-state index contributed by atoms with van der Waals surface area (Å²) in [5.74, 6) is 0.259. The van der Waals surface area contributed by atoms with Gasteiger partial charge in [-0.15, -0.1) is 0 Å². The minimum atomic E-state index is 0.259. The molecule has 0 aromatic heterocycles. The van der Waals surface area contributed by atoms with Crippen LogP contribution in [0.25, 0.3) is 0 Å². The van der Waals surface area contributed by atoms with E-state index < -0.39 is 0 Å². The number of hydrogen-bond donors (Lipinski definition) is 2. The molecule has 20 heavy (non-hydrogen) atoms. The van der Waals surface area contributed by atoms with Crippen molar-refractivity contribution in [3.63, 3.8) is 0 Å². The van der Waals surface area contributed by atoms with Crippen LogP contribution in [0.2, 0.25) is 0 Å². The van der Waals surface area contributed by atoms with Crippen LogP contribution in [0, 0.1) is 6.92 Å². The quantitative estimate of drug-likeness (QED) is 0.310. The second-order valence-corrected chi connectivity index (χ2v) is 5.45. The van der Waals surface area contributed by atoms with E-state index in [1.165, 1.54) is 32.1 Å². The van der Waals surface area contributed by atoms with Crippen LogP contribution in [-0.2, 0) is 6.42 Å². The normalized spacial score (nSPS) is 11.8. The van der Waals surface area contributed by atoms with Gasteiger partial charge >= 0.3 is 0 Å². The smallest absolute Gasteiger partial charge is 0.119 e. The van der Waals surface area contributed by atoms with E-state index in [1.807, 2.05) is 13.0 Å². The zero-order chi connectivity index (χ0) is 15.0. The summed E-state index contributed by atoms with van der Waals surface area (Å²) in [6.45, 7) is 5.86. The maximum atomic E-state index is 9.80. The minimum Gasteiger partial charge on any atom is -0.508 e. The highest BCUT2D eigenvalue weighted by atomic mass is 16.4. The molecule has 1 aromatic rings. The maximum absolute atomic E-state index is 9.80. The van der Waals surface area contributed by atoms with Crippen molar-refractivity contribution in [1.29, 1.82) is 0 Å². The van der Waals surface area contributed by atoms with Gasteiger partial charge in [-0.3, -0.25) is 0 Å². The molecule has 112 valence electrons. The number of aryl methyl sites for hydroxylation is 1. The Labute approximate surface area is 122 Å². The Morgan fingerprint density at radius 3 is 2.40 bits per heavy atom. The molecule has 0 radical (unpaired) electrons. The largest absolute Gasteiger partial charge is 0.508 e. The van der Waals surface area contributed by atoms with Crippen molar-refractivity contribution in [2.75, 3.05) is 0 Å². The van der Waals surface area contributed by atoms with Gasteiger partial charge in [-0.25, -0.2) is 0 Å². The summed E-state index contributed by atoms with van der Waals surface area (Å²) in [7, 11) is 0. The van der Waals surface area contributed by atoms with Gasteiger partial charge in [0.25, 0.3) is 0 Å². The fourth-order valence-corrected chi connectivity index (χ4v) is 2.61. The van der Waals surface area contributed by atoms with Gasteiger partial charge in [0.05, 0.1) is 5.71 Å². The molecule has 0 heterocycles. The lowest BCUT2D eigenvalue weighted by atomic mass is 9.93. The molecule has 0 aliphatic rings. The molecule has 3 nitrogen and oxygen atoms in total. The summed E-state index contributed by atoms with van der Waals surface area (Å²) in [4.78, 5) is 0. The van der Waals surface area contributed by atoms with Gasteiger partial charge < -0.3 is 10.3 Å². The fraction of sp³-hybridized carbons (Fsp3) is 0.588. The van der Waals surface area contributed by atoms with Crippen molar-refractivity contribution >= 4 is 5.71 Å². The second-order valence-electron chi connectivity index (χ2n) is 5.45. The van der Waals surface area contributed by atoms with Crippen molar-refractivity contribution in [1.82, 2.24) is 0 Å². The molecule has 0 saturated heterocycles. The molecule has 0 amide bonds. The summed E-state index contributed by atoms with van der Waals surface area (Å²) >= 11 is 0. The highest BCUT2D eigenvalue weighted by molar-refractivity contribution is 6.01. The number of aromatic hydroxyl groups is 1. The number of rotatable bonds is 8. The van der Waals surface area contributed by atoms with Gasteiger partial charge in [0.15, 0.2) is 0 Å². The summed E-state index contributed by atoms with van der Waals surface area (Å²) < 4.78 is 0. The SMILES string of the molecule is CCCCCCCCc1ccc(O)c(C)c1C(C)=NO. The second kappa shape index (κ2) is 8.62. The minimum absolute atomic E-state index is 0.259. The van der Waals surface area contributed by atoms with Gasteiger partial charge in [0.1, 0.15) is 5.75 Å². The third-order valence-electron chi connectivity index (χ3n) is 3.83. The fourth-order valence-electron chi connectivity index (χ4n) is 2.61. The van der Waals surface area contributed by atoms with E-state index >= 15 is 0 Å². The molecule has 0 atom stereocenters. The third-order valence-corrected chi connectivity index (χ3v) is 3.83. The van der Waals surface area contributed by atoms with E-state index in [4.69, 9.17) is 5.21 Å². The Kier molecular flexibility index (Phi) is 7.13. The average Bonchev–Trinajstić information content (AvgIpc) is 2.45. The third kappa shape index (κ3) is 4.55. The van der Waals surface area contributed by atoms with Gasteiger partial charge in [-0.1, -0.05) is 50.2 Å². The van der Waals surface area contributed by atoms with Crippen LogP contribution < -0.4 is 0 Å². The van der Waals surface area contributed by atoms with Gasteiger partial charge in [-0.05, 0) is 38.3 Å². The van der Waals surface area contributed by atoms with Crippen LogP contribution >= 0.6 is 0 Å². The molecule has 0 bridgehead atoms. The zero-order valence-electron chi connectivity index (χ0n) is 12.9. The Morgan fingerprint density at radius 1 is 1.10 bits per heavy atom. The van der Waals surface area contributed by atoms with Crippen molar-refractivity contribution in [3.05, 3.63) is 28.8 Å². The van der Waals surface area contributed by atoms with Crippen molar-refractivity contribution < 1.29 is 10.3 Å². The highest BCUT2D eigenvalue weighted by Crippen LogP contribution is 2.26. The van der Waals surface area contributed by atoms with Crippen LogP contribution in [-0.4, -0.2) is 16.0 Å². The zero-order valence-corrected chi connectivity index (χ0v) is 12.9. The molecule has 0 fully saturated rings. The first-order chi connectivity index (χ1) is 9.61. The number of unbranched alkanes of at least 4 members (excludes halogenated alkanes) is 5. The average molecular weight is 277 g/mol.